The van der Waals surface area contributed by atoms with Crippen LogP contribution < -0.4 is 91.0 Å². The zero-order valence-corrected chi connectivity index (χ0v) is 57.7. The number of amides is 6. The van der Waals surface area contributed by atoms with Crippen LogP contribution in [0.3, 0.4) is 0 Å². The second-order valence-corrected chi connectivity index (χ2v) is 25.1. The Kier molecular flexibility index (Phi) is 36.6. The Balaban J connectivity index is 0.00000922. The van der Waals surface area contributed by atoms with E-state index in [1.54, 1.807) is 0 Å². The molecule has 0 saturated carbocycles. The summed E-state index contributed by atoms with van der Waals surface area (Å²) < 4.78 is 141. The summed E-state index contributed by atoms with van der Waals surface area (Å²) in [4.78, 5) is 61.3. The number of unbranched alkanes of at least 4 members (excludes halogenated alkanes) is 1. The smallest absolute Gasteiger partial charge is 0.726 e. The van der Waals surface area contributed by atoms with Crippen LogP contribution in [-0.4, -0.2) is 333 Å². The third-order valence-electron chi connectivity index (χ3n) is 14.9. The minimum absolute atomic E-state index is 0. The van der Waals surface area contributed by atoms with Crippen molar-refractivity contribution < 1.29 is 215 Å². The van der Waals surface area contributed by atoms with Gasteiger partial charge in [0.1, 0.15) is 104 Å². The maximum atomic E-state index is 12.6. The molecule has 23 unspecified atom stereocenters. The number of hydrogen-bond donors (Lipinski definition) is 15. The van der Waals surface area contributed by atoms with E-state index >= 15 is 0 Å². The van der Waals surface area contributed by atoms with Gasteiger partial charge in [-0.25, -0.2) is 21.6 Å². The molecule has 0 radical (unpaired) electrons. The zero-order valence-electron chi connectivity index (χ0n) is 51.3. The van der Waals surface area contributed by atoms with E-state index in [2.05, 4.69) is 40.3 Å². The minimum atomic E-state index is -5.58. The number of carbonyl (C=O) groups is 5. The molecule has 6 fully saturated rings. The fourth-order valence-electron chi connectivity index (χ4n) is 10.5. The van der Waals surface area contributed by atoms with Crippen molar-refractivity contribution in [3.63, 3.8) is 0 Å². The second-order valence-electron chi connectivity index (χ2n) is 21.7. The van der Waals surface area contributed by atoms with Gasteiger partial charge in [-0.1, -0.05) is 6.42 Å². The first kappa shape index (κ1) is 83.9. The average molecular weight is 1430 g/mol. The normalized spacial score (nSPS) is 35.2. The van der Waals surface area contributed by atoms with Gasteiger partial charge >= 0.3 is 65.1 Å². The fourth-order valence-corrected chi connectivity index (χ4v) is 12.7. The van der Waals surface area contributed by atoms with E-state index in [0.717, 1.165) is 38.9 Å². The second kappa shape index (κ2) is 40.6. The molecule has 6 amide bonds. The number of nitrogens with one attached hydrogen (secondary N) is 6. The molecular formula is C49H82N6Na2O33S3. The number of ether oxygens (including phenoxy) is 11. The summed E-state index contributed by atoms with van der Waals surface area (Å²) in [5, 5.41) is 114. The maximum absolute atomic E-state index is 12.6. The molecule has 23 atom stereocenters. The van der Waals surface area contributed by atoms with Gasteiger partial charge in [-0.15, -0.1) is 0 Å². The van der Waals surface area contributed by atoms with Gasteiger partial charge in [0.15, 0.2) is 25.2 Å². The summed E-state index contributed by atoms with van der Waals surface area (Å²) in [5.41, 5.74) is 0. The number of urea groups is 1. The molecule has 0 bridgehead atoms. The summed E-state index contributed by atoms with van der Waals surface area (Å²) >= 11 is 1.83. The maximum Gasteiger partial charge on any atom is 1.00 e. The summed E-state index contributed by atoms with van der Waals surface area (Å²) in [5.74, 6) is -1.47. The molecule has 0 aliphatic carbocycles. The number of aliphatic hydroxyl groups excluding tert-OH is 9. The SMILES string of the molecule is CC(=O)NC1C(OC2C(O)C(CO)OC(OC3C(COS(=O)(=O)[O-])OC(OCCCNC(=O)COCCOCCOCCNC(=O)CCCCC4SCC5NC(=O)NC54)C(NC(C)=O)C3O)C2O)OC(COS(=O)(=O)[O-])C(OC2OC(CO)C(O)C(O)C2O)C1O.[Na+].[Na+]. The van der Waals surface area contributed by atoms with Crippen LogP contribution in [0.15, 0.2) is 0 Å². The summed E-state index contributed by atoms with van der Waals surface area (Å²) in [7, 11) is -11.1. The van der Waals surface area contributed by atoms with Crippen molar-refractivity contribution >= 4 is 62.2 Å². The molecule has 0 aromatic rings. The van der Waals surface area contributed by atoms with Gasteiger partial charge in [-0.3, -0.25) is 27.5 Å². The summed E-state index contributed by atoms with van der Waals surface area (Å²) in [6, 6.07) is -3.40. The number of aliphatic hydroxyl groups is 9. The standard InChI is InChI=1S/C49H84N6O33S3.2Na/c1-22(58)52-33-37(64)42(87-48-41(68)44(36(63)26(17-57)83-48)88-46-34(53-23(2)59)38(65)43(28(85-46)19-81-91(73,74)75)86-47-40(67)39(66)35(62)25(16-56)82-47)27(18-80-90(70,71)72)84-45(33)79-10-5-8-50-31(61)20-78-15-14-77-13-12-76-11-9-51-30(60)7-4-3-6-29-32-24(21-89-29)54-49(69)55-32;;/h24-29,32-48,56-57,62-68H,3-21H2,1-2H3,(H,50,61)(H,51,60)(H,52,58)(H,53,59)(H2,54,55,69)(H,70,71,72)(H,73,74,75);;/q;2*+1/p-2. The third kappa shape index (κ3) is 26.2. The molecule has 526 valence electrons. The van der Waals surface area contributed by atoms with Crippen LogP contribution in [-0.2, 0) is 100 Å². The van der Waals surface area contributed by atoms with Crippen molar-refractivity contribution in [3.05, 3.63) is 0 Å². The quantitative estimate of drug-likeness (QED) is 0.00903. The molecule has 93 heavy (non-hydrogen) atoms. The van der Waals surface area contributed by atoms with Crippen molar-refractivity contribution in [2.45, 2.75) is 186 Å². The predicted octanol–water partition coefficient (Wildman–Crippen LogP) is -16.1. The monoisotopic (exact) mass is 1420 g/mol. The Bertz CT molecular complexity index is 2550. The average Bonchev–Trinajstić information content (AvgIpc) is 1.56. The van der Waals surface area contributed by atoms with Crippen LogP contribution in [0, 0.1) is 0 Å². The largest absolute Gasteiger partial charge is 1.00 e. The van der Waals surface area contributed by atoms with E-state index in [1.807, 2.05) is 11.8 Å². The van der Waals surface area contributed by atoms with Gasteiger partial charge in [0.25, 0.3) is 0 Å². The number of hydrogen-bond acceptors (Lipinski definition) is 34. The first-order chi connectivity index (χ1) is 43.1. The third-order valence-corrected chi connectivity index (χ3v) is 17.3. The van der Waals surface area contributed by atoms with Crippen LogP contribution in [0.4, 0.5) is 4.79 Å². The molecular weight excluding hydrogens is 1340 g/mol. The van der Waals surface area contributed by atoms with Crippen LogP contribution >= 0.6 is 11.8 Å². The van der Waals surface area contributed by atoms with Crippen molar-refractivity contribution in [2.24, 2.45) is 0 Å². The number of fused-ring (bicyclic) bond motifs is 1. The molecule has 6 rings (SSSR count). The van der Waals surface area contributed by atoms with E-state index in [9.17, 15) is 95.9 Å². The Morgan fingerprint density at radius 2 is 1.08 bits per heavy atom. The van der Waals surface area contributed by atoms with Crippen molar-refractivity contribution in [1.29, 1.82) is 0 Å². The fraction of sp³-hybridized carbons (Fsp3) is 0.898. The molecule has 6 heterocycles. The van der Waals surface area contributed by atoms with E-state index in [1.165, 1.54) is 0 Å². The minimum Gasteiger partial charge on any atom is -0.726 e. The predicted molar refractivity (Wildman–Crippen MR) is 295 cm³/mol. The Morgan fingerprint density at radius 3 is 1.65 bits per heavy atom. The Labute approximate surface area is 583 Å². The van der Waals surface area contributed by atoms with Crippen LogP contribution in [0.1, 0.15) is 46.0 Å². The van der Waals surface area contributed by atoms with E-state index in [4.69, 9.17) is 52.1 Å². The first-order valence-corrected chi connectivity index (χ1v) is 32.7. The summed E-state index contributed by atoms with van der Waals surface area (Å²) in [6.45, 7) is -2.11. The number of carbonyl (C=O) groups excluding carboxylic acids is 5. The van der Waals surface area contributed by atoms with Gasteiger partial charge in [-0.2, -0.15) is 11.8 Å². The molecule has 0 spiro atoms. The van der Waals surface area contributed by atoms with E-state index in [0.29, 0.717) is 18.2 Å². The number of thioether (sulfide) groups is 1. The molecule has 6 aliphatic rings. The zero-order chi connectivity index (χ0) is 66.7. The van der Waals surface area contributed by atoms with Crippen LogP contribution in [0.2, 0.25) is 0 Å². The van der Waals surface area contributed by atoms with E-state index < -0.39 is 188 Å². The molecule has 6 saturated heterocycles. The van der Waals surface area contributed by atoms with E-state index in [-0.39, 0.29) is 142 Å². The van der Waals surface area contributed by atoms with Crippen LogP contribution in [0.5, 0.6) is 0 Å². The van der Waals surface area contributed by atoms with Crippen molar-refractivity contribution in [1.82, 2.24) is 31.9 Å². The van der Waals surface area contributed by atoms with Gasteiger partial charge in [0.05, 0.1) is 78.2 Å². The molecule has 0 aromatic carbocycles. The molecule has 6 aliphatic heterocycles. The Hall–Kier alpha value is -1.56. The molecule has 15 N–H and O–H groups in total. The Morgan fingerprint density at radius 1 is 0.570 bits per heavy atom. The summed E-state index contributed by atoms with van der Waals surface area (Å²) in [6.07, 6.45) is -33.7. The molecule has 39 nitrogen and oxygen atoms in total. The van der Waals surface area contributed by atoms with Gasteiger partial charge in [0, 0.05) is 44.4 Å². The van der Waals surface area contributed by atoms with Gasteiger partial charge in [-0.05, 0) is 19.3 Å². The molecule has 44 heteroatoms. The number of rotatable bonds is 37. The van der Waals surface area contributed by atoms with Crippen molar-refractivity contribution in [3.8, 4) is 0 Å². The van der Waals surface area contributed by atoms with Gasteiger partial charge in [0.2, 0.25) is 44.4 Å². The van der Waals surface area contributed by atoms with Crippen LogP contribution in [0.25, 0.3) is 0 Å². The van der Waals surface area contributed by atoms with Crippen molar-refractivity contribution in [2.75, 3.05) is 91.5 Å². The molecule has 0 aromatic heterocycles. The first-order valence-electron chi connectivity index (χ1n) is 29.0. The van der Waals surface area contributed by atoms with Gasteiger partial charge < -0.3 is 139 Å². The topological polar surface area (TPSA) is 574 Å².